The van der Waals surface area contributed by atoms with Gasteiger partial charge in [0, 0.05) is 19.4 Å². The van der Waals surface area contributed by atoms with Crippen molar-refractivity contribution in [3.05, 3.63) is 79.0 Å². The van der Waals surface area contributed by atoms with E-state index in [2.05, 4.69) is 49.1 Å². The highest BCUT2D eigenvalue weighted by Gasteiger charge is 2.19. The summed E-state index contributed by atoms with van der Waals surface area (Å²) in [6, 6.07) is 15.2. The maximum absolute atomic E-state index is 13.3. The number of amides is 1. The number of halogens is 2. The number of para-hydroxylation sites is 1. The molecule has 30 heavy (non-hydrogen) atoms. The van der Waals surface area contributed by atoms with Crippen LogP contribution in [0.25, 0.3) is 21.3 Å². The van der Waals surface area contributed by atoms with Gasteiger partial charge in [-0.2, -0.15) is 0 Å². The molecular formula is C22H17Br2N3O2S. The Labute approximate surface area is 194 Å². The van der Waals surface area contributed by atoms with Crippen molar-refractivity contribution in [2.24, 2.45) is 0 Å². The van der Waals surface area contributed by atoms with Crippen molar-refractivity contribution < 1.29 is 4.79 Å². The number of rotatable bonds is 5. The molecule has 0 bridgehead atoms. The second-order valence-corrected chi connectivity index (χ2v) is 9.50. The van der Waals surface area contributed by atoms with Gasteiger partial charge in [0.2, 0.25) is 5.91 Å². The predicted octanol–water partition coefficient (Wildman–Crippen LogP) is 5.85. The lowest BCUT2D eigenvalue weighted by Crippen LogP contribution is -2.27. The number of nitrogens with zero attached hydrogens (tertiary/aromatic N) is 2. The Balaban J connectivity index is 1.74. The van der Waals surface area contributed by atoms with Gasteiger partial charge in [-0.15, -0.1) is 11.3 Å². The molecule has 152 valence electrons. The number of benzene rings is 2. The van der Waals surface area contributed by atoms with Crippen molar-refractivity contribution in [2.45, 2.75) is 19.9 Å². The van der Waals surface area contributed by atoms with E-state index in [1.54, 1.807) is 6.07 Å². The van der Waals surface area contributed by atoms with Crippen molar-refractivity contribution in [2.75, 3.05) is 5.32 Å². The number of fused-ring (bicyclic) bond motifs is 1. The predicted molar refractivity (Wildman–Crippen MR) is 129 cm³/mol. The summed E-state index contributed by atoms with van der Waals surface area (Å²) in [5.41, 5.74) is 2.32. The molecule has 0 saturated carbocycles. The number of hydrogen-bond acceptors (Lipinski definition) is 4. The zero-order chi connectivity index (χ0) is 21.3. The minimum atomic E-state index is -0.290. The molecule has 0 fully saturated rings. The summed E-state index contributed by atoms with van der Waals surface area (Å²) in [6.07, 6.45) is 2.25. The van der Waals surface area contributed by atoms with Crippen molar-refractivity contribution in [1.82, 2.24) is 9.55 Å². The second-order valence-electron chi connectivity index (χ2n) is 6.65. The molecule has 4 aromatic rings. The summed E-state index contributed by atoms with van der Waals surface area (Å²) in [6.45, 7) is 1.96. The van der Waals surface area contributed by atoms with Gasteiger partial charge >= 0.3 is 0 Å². The molecule has 0 aliphatic carbocycles. The monoisotopic (exact) mass is 545 g/mol. The van der Waals surface area contributed by atoms with Gasteiger partial charge in [0.1, 0.15) is 11.4 Å². The Kier molecular flexibility index (Phi) is 6.17. The lowest BCUT2D eigenvalue weighted by molar-refractivity contribution is -0.116. The second kappa shape index (κ2) is 8.83. The number of carbonyl (C=O) groups is 1. The summed E-state index contributed by atoms with van der Waals surface area (Å²) in [4.78, 5) is 32.1. The summed E-state index contributed by atoms with van der Waals surface area (Å²) < 4.78 is 3.12. The van der Waals surface area contributed by atoms with Crippen LogP contribution in [-0.2, 0) is 17.8 Å². The average molecular weight is 547 g/mol. The molecule has 2 aromatic carbocycles. The van der Waals surface area contributed by atoms with Crippen molar-refractivity contribution in [3.63, 3.8) is 0 Å². The van der Waals surface area contributed by atoms with E-state index in [0.29, 0.717) is 15.9 Å². The zero-order valence-corrected chi connectivity index (χ0v) is 20.0. The van der Waals surface area contributed by atoms with Crippen LogP contribution in [0.2, 0.25) is 0 Å². The van der Waals surface area contributed by atoms with Gasteiger partial charge in [-0.25, -0.2) is 4.98 Å². The van der Waals surface area contributed by atoms with Crippen LogP contribution in [0.15, 0.2) is 68.6 Å². The number of nitrogens with one attached hydrogen (secondary N) is 1. The van der Waals surface area contributed by atoms with E-state index >= 15 is 0 Å². The van der Waals surface area contributed by atoms with Gasteiger partial charge in [0.05, 0.1) is 17.4 Å². The van der Waals surface area contributed by atoms with Crippen LogP contribution in [0.4, 0.5) is 5.69 Å². The fourth-order valence-electron chi connectivity index (χ4n) is 3.26. The van der Waals surface area contributed by atoms with E-state index in [4.69, 9.17) is 0 Å². The molecule has 0 aliphatic heterocycles. The minimum Gasteiger partial charge on any atom is -0.324 e. The highest BCUT2D eigenvalue weighted by molar-refractivity contribution is 9.10. The minimum absolute atomic E-state index is 0.111. The van der Waals surface area contributed by atoms with E-state index in [-0.39, 0.29) is 18.0 Å². The number of anilines is 1. The molecule has 1 N–H and O–H groups in total. The summed E-state index contributed by atoms with van der Waals surface area (Å²) >= 11 is 8.39. The molecule has 2 heterocycles. The maximum atomic E-state index is 13.3. The van der Waals surface area contributed by atoms with E-state index in [1.165, 1.54) is 22.2 Å². The first kappa shape index (κ1) is 21.0. The van der Waals surface area contributed by atoms with Gasteiger partial charge < -0.3 is 5.32 Å². The molecule has 0 aliphatic rings. The largest absolute Gasteiger partial charge is 0.324 e. The molecule has 1 amide bonds. The number of aryl methyl sites for hydroxylation is 1. The standard InChI is InChI=1S/C22H17Br2N3O2S/c1-2-17-19(13-7-9-14(23)10-8-13)20-21(30-17)25-12-27(22(20)29)11-18(28)26-16-6-4-3-5-15(16)24/h3-10,12H,2,11H2,1H3,(H,26,28). The van der Waals surface area contributed by atoms with E-state index < -0.39 is 0 Å². The lowest BCUT2D eigenvalue weighted by Gasteiger charge is -2.09. The van der Waals surface area contributed by atoms with Gasteiger partial charge in [-0.1, -0.05) is 47.1 Å². The Morgan fingerprint density at radius 1 is 1.13 bits per heavy atom. The van der Waals surface area contributed by atoms with Crippen molar-refractivity contribution in [1.29, 1.82) is 0 Å². The SMILES string of the molecule is CCc1sc2ncn(CC(=O)Nc3ccccc3Br)c(=O)c2c1-c1ccc(Br)cc1. The molecule has 0 saturated heterocycles. The number of aromatic nitrogens is 2. The third kappa shape index (κ3) is 4.12. The Hall–Kier alpha value is -2.29. The highest BCUT2D eigenvalue weighted by Crippen LogP contribution is 2.36. The first-order valence-corrected chi connectivity index (χ1v) is 11.7. The van der Waals surface area contributed by atoms with Gasteiger partial charge in [0.15, 0.2) is 0 Å². The van der Waals surface area contributed by atoms with E-state index in [1.807, 2.05) is 42.5 Å². The molecular weight excluding hydrogens is 530 g/mol. The summed E-state index contributed by atoms with van der Waals surface area (Å²) in [5.74, 6) is -0.290. The molecule has 0 atom stereocenters. The third-order valence-electron chi connectivity index (χ3n) is 4.67. The quantitative estimate of drug-likeness (QED) is 0.341. The fourth-order valence-corrected chi connectivity index (χ4v) is 5.00. The molecule has 8 heteroatoms. The van der Waals surface area contributed by atoms with Crippen LogP contribution in [-0.4, -0.2) is 15.5 Å². The van der Waals surface area contributed by atoms with Crippen LogP contribution in [0.3, 0.4) is 0 Å². The Bertz CT molecular complexity index is 1300. The smallest absolute Gasteiger partial charge is 0.263 e. The van der Waals surface area contributed by atoms with E-state index in [9.17, 15) is 9.59 Å². The van der Waals surface area contributed by atoms with Crippen molar-refractivity contribution in [3.8, 4) is 11.1 Å². The molecule has 2 aromatic heterocycles. The highest BCUT2D eigenvalue weighted by atomic mass is 79.9. The fraction of sp³-hybridized carbons (Fsp3) is 0.136. The van der Waals surface area contributed by atoms with Crippen molar-refractivity contribution >= 4 is 65.0 Å². The summed E-state index contributed by atoms with van der Waals surface area (Å²) in [7, 11) is 0. The van der Waals surface area contributed by atoms with Crippen LogP contribution < -0.4 is 10.9 Å². The van der Waals surface area contributed by atoms with Gasteiger partial charge in [0.25, 0.3) is 5.56 Å². The Morgan fingerprint density at radius 2 is 1.87 bits per heavy atom. The van der Waals surface area contributed by atoms with Crippen LogP contribution in [0.1, 0.15) is 11.8 Å². The number of hydrogen-bond donors (Lipinski definition) is 1. The first-order chi connectivity index (χ1) is 14.5. The van der Waals surface area contributed by atoms with Crippen LogP contribution in [0, 0.1) is 0 Å². The molecule has 0 unspecified atom stereocenters. The normalized spacial score (nSPS) is 11.0. The maximum Gasteiger partial charge on any atom is 0.263 e. The summed E-state index contributed by atoms with van der Waals surface area (Å²) in [5, 5.41) is 3.39. The zero-order valence-electron chi connectivity index (χ0n) is 16.0. The van der Waals surface area contributed by atoms with Gasteiger partial charge in [-0.05, 0) is 52.2 Å². The third-order valence-corrected chi connectivity index (χ3v) is 7.13. The Morgan fingerprint density at radius 3 is 2.57 bits per heavy atom. The topological polar surface area (TPSA) is 64.0 Å². The number of thiophene rings is 1. The number of carbonyl (C=O) groups excluding carboxylic acids is 1. The van der Waals surface area contributed by atoms with Gasteiger partial charge in [-0.3, -0.25) is 14.2 Å². The van der Waals surface area contributed by atoms with Crippen LogP contribution >= 0.6 is 43.2 Å². The van der Waals surface area contributed by atoms with E-state index in [0.717, 1.165) is 31.4 Å². The lowest BCUT2D eigenvalue weighted by atomic mass is 10.0. The molecule has 5 nitrogen and oxygen atoms in total. The first-order valence-electron chi connectivity index (χ1n) is 9.29. The average Bonchev–Trinajstić information content (AvgIpc) is 3.12. The molecule has 0 spiro atoms. The molecule has 4 rings (SSSR count). The molecule has 0 radical (unpaired) electrons. The van der Waals surface area contributed by atoms with Crippen LogP contribution in [0.5, 0.6) is 0 Å².